The van der Waals surface area contributed by atoms with Gasteiger partial charge in [-0.25, -0.2) is 4.98 Å². The van der Waals surface area contributed by atoms with Crippen molar-refractivity contribution in [2.45, 2.75) is 18.9 Å². The number of piperidine rings is 1. The van der Waals surface area contributed by atoms with Gasteiger partial charge in [-0.1, -0.05) is 6.08 Å². The fraction of sp³-hybridized carbons (Fsp3) is 0.444. The molecule has 0 unspecified atom stereocenters. The number of anilines is 2. The zero-order valence-corrected chi connectivity index (χ0v) is 14.8. The average Bonchev–Trinajstić information content (AvgIpc) is 2.62. The second kappa shape index (κ2) is 7.57. The number of nitrogens with zero attached hydrogens (tertiary/aromatic N) is 3. The van der Waals surface area contributed by atoms with E-state index in [-0.39, 0.29) is 0 Å². The molecule has 0 spiro atoms. The topological polar surface area (TPSA) is 85.5 Å². The third kappa shape index (κ3) is 3.76. The van der Waals surface area contributed by atoms with Crippen molar-refractivity contribution in [3.05, 3.63) is 24.8 Å². The minimum atomic E-state index is 0.345. The quantitative estimate of drug-likeness (QED) is 0.778. The molecule has 0 aliphatic carbocycles. The van der Waals surface area contributed by atoms with Gasteiger partial charge in [0.15, 0.2) is 11.5 Å². The van der Waals surface area contributed by atoms with Crippen LogP contribution in [0.3, 0.4) is 0 Å². The second-order valence-electron chi connectivity index (χ2n) is 6.16. The first-order valence-corrected chi connectivity index (χ1v) is 8.43. The number of rotatable bonds is 6. The van der Waals surface area contributed by atoms with E-state index >= 15 is 0 Å². The van der Waals surface area contributed by atoms with Gasteiger partial charge >= 0.3 is 0 Å². The lowest BCUT2D eigenvalue weighted by molar-refractivity contribution is 0.240. The van der Waals surface area contributed by atoms with Gasteiger partial charge in [0.05, 0.1) is 19.7 Å². The highest BCUT2D eigenvalue weighted by atomic mass is 16.5. The van der Waals surface area contributed by atoms with E-state index < -0.39 is 0 Å². The highest BCUT2D eigenvalue weighted by Gasteiger charge is 2.19. The smallest absolute Gasteiger partial charge is 0.225 e. The normalized spacial score (nSPS) is 15.9. The first-order valence-electron chi connectivity index (χ1n) is 8.43. The molecule has 1 saturated heterocycles. The van der Waals surface area contributed by atoms with Crippen LogP contribution in [-0.4, -0.2) is 54.8 Å². The molecule has 0 atom stereocenters. The van der Waals surface area contributed by atoms with Crippen LogP contribution in [0.5, 0.6) is 11.5 Å². The molecule has 1 aliphatic heterocycles. The molecule has 134 valence electrons. The SMILES string of the molecule is C=CCN1CCC(Nc2nc(N)c3cc(OC)c(OC)cc3n2)CC1. The molecule has 0 saturated carbocycles. The van der Waals surface area contributed by atoms with Gasteiger partial charge in [0.25, 0.3) is 0 Å². The predicted molar refractivity (Wildman–Crippen MR) is 100 cm³/mol. The van der Waals surface area contributed by atoms with E-state index in [1.54, 1.807) is 20.3 Å². The van der Waals surface area contributed by atoms with E-state index in [9.17, 15) is 0 Å². The summed E-state index contributed by atoms with van der Waals surface area (Å²) in [4.78, 5) is 11.4. The Morgan fingerprint density at radius 2 is 1.92 bits per heavy atom. The van der Waals surface area contributed by atoms with E-state index in [0.29, 0.717) is 29.3 Å². The average molecular weight is 343 g/mol. The Hall–Kier alpha value is -2.54. The summed E-state index contributed by atoms with van der Waals surface area (Å²) < 4.78 is 10.7. The summed E-state index contributed by atoms with van der Waals surface area (Å²) in [6.45, 7) is 6.81. The van der Waals surface area contributed by atoms with Crippen molar-refractivity contribution in [3.63, 3.8) is 0 Å². The predicted octanol–water partition coefficient (Wildman–Crippen LogP) is 2.29. The molecule has 25 heavy (non-hydrogen) atoms. The van der Waals surface area contributed by atoms with Gasteiger partial charge in [-0.3, -0.25) is 4.90 Å². The Morgan fingerprint density at radius 3 is 2.56 bits per heavy atom. The monoisotopic (exact) mass is 343 g/mol. The van der Waals surface area contributed by atoms with Gasteiger partial charge in [-0.15, -0.1) is 6.58 Å². The maximum Gasteiger partial charge on any atom is 0.225 e. The zero-order chi connectivity index (χ0) is 17.8. The first-order chi connectivity index (χ1) is 12.1. The minimum Gasteiger partial charge on any atom is -0.493 e. The molecule has 2 aromatic rings. The van der Waals surface area contributed by atoms with Gasteiger partial charge in [0.2, 0.25) is 5.95 Å². The maximum absolute atomic E-state index is 6.13. The van der Waals surface area contributed by atoms with E-state index in [1.807, 2.05) is 12.1 Å². The van der Waals surface area contributed by atoms with Crippen LogP contribution in [0.1, 0.15) is 12.8 Å². The van der Waals surface area contributed by atoms with E-state index in [0.717, 1.165) is 43.4 Å². The van der Waals surface area contributed by atoms with Crippen LogP contribution >= 0.6 is 0 Å². The Kier molecular flexibility index (Phi) is 5.23. The molecule has 1 aromatic carbocycles. The molecule has 7 nitrogen and oxygen atoms in total. The molecular weight excluding hydrogens is 318 g/mol. The number of aromatic nitrogens is 2. The van der Waals surface area contributed by atoms with Gasteiger partial charge in [-0.2, -0.15) is 4.98 Å². The van der Waals surface area contributed by atoms with Crippen molar-refractivity contribution in [1.29, 1.82) is 0 Å². The molecule has 2 heterocycles. The lowest BCUT2D eigenvalue weighted by atomic mass is 10.1. The Bertz CT molecular complexity index is 757. The van der Waals surface area contributed by atoms with E-state index in [2.05, 4.69) is 26.8 Å². The molecule has 7 heteroatoms. The number of ether oxygens (including phenoxy) is 2. The van der Waals surface area contributed by atoms with Crippen molar-refractivity contribution >= 4 is 22.7 Å². The lowest BCUT2D eigenvalue weighted by Crippen LogP contribution is -2.39. The molecule has 1 aliphatic rings. The summed E-state index contributed by atoms with van der Waals surface area (Å²) in [5.41, 5.74) is 6.87. The Labute approximate surface area is 147 Å². The van der Waals surface area contributed by atoms with Crippen LogP contribution in [0.15, 0.2) is 24.8 Å². The van der Waals surface area contributed by atoms with Crippen molar-refractivity contribution in [2.75, 3.05) is 44.9 Å². The molecular formula is C18H25N5O2. The third-order valence-electron chi connectivity index (χ3n) is 4.54. The number of likely N-dealkylation sites (tertiary alicyclic amines) is 1. The molecule has 1 fully saturated rings. The van der Waals surface area contributed by atoms with Crippen LogP contribution < -0.4 is 20.5 Å². The lowest BCUT2D eigenvalue weighted by Gasteiger charge is -2.31. The highest BCUT2D eigenvalue weighted by Crippen LogP contribution is 2.33. The minimum absolute atomic E-state index is 0.345. The molecule has 0 amide bonds. The van der Waals surface area contributed by atoms with Gasteiger partial charge in [0, 0.05) is 37.1 Å². The molecule has 3 N–H and O–H groups in total. The van der Waals surface area contributed by atoms with Crippen LogP contribution in [0, 0.1) is 0 Å². The van der Waals surface area contributed by atoms with Crippen LogP contribution in [0.2, 0.25) is 0 Å². The number of nitrogen functional groups attached to an aromatic ring is 1. The number of methoxy groups -OCH3 is 2. The number of hydrogen-bond donors (Lipinski definition) is 2. The highest BCUT2D eigenvalue weighted by molar-refractivity contribution is 5.91. The fourth-order valence-corrected chi connectivity index (χ4v) is 3.17. The summed E-state index contributed by atoms with van der Waals surface area (Å²) in [6, 6.07) is 3.98. The van der Waals surface area contributed by atoms with Gasteiger partial charge in [-0.05, 0) is 18.9 Å². The Balaban J connectivity index is 1.80. The summed E-state index contributed by atoms with van der Waals surface area (Å²) in [7, 11) is 3.19. The summed E-state index contributed by atoms with van der Waals surface area (Å²) in [5.74, 6) is 2.22. The van der Waals surface area contributed by atoms with Crippen LogP contribution in [-0.2, 0) is 0 Å². The summed E-state index contributed by atoms with van der Waals surface area (Å²) >= 11 is 0. The largest absolute Gasteiger partial charge is 0.493 e. The molecule has 0 radical (unpaired) electrons. The number of nitrogens with two attached hydrogens (primary N) is 1. The number of fused-ring (bicyclic) bond motifs is 1. The van der Waals surface area contributed by atoms with Crippen molar-refractivity contribution in [2.24, 2.45) is 0 Å². The first kappa shape index (κ1) is 17.3. The number of nitrogens with one attached hydrogen (secondary N) is 1. The van der Waals surface area contributed by atoms with Crippen molar-refractivity contribution in [3.8, 4) is 11.5 Å². The molecule has 1 aromatic heterocycles. The fourth-order valence-electron chi connectivity index (χ4n) is 3.17. The Morgan fingerprint density at radius 1 is 1.24 bits per heavy atom. The van der Waals surface area contributed by atoms with E-state index in [1.165, 1.54) is 0 Å². The van der Waals surface area contributed by atoms with Gasteiger partial charge < -0.3 is 20.5 Å². The number of benzene rings is 1. The summed E-state index contributed by atoms with van der Waals surface area (Å²) in [5, 5.41) is 4.17. The molecule has 3 rings (SSSR count). The van der Waals surface area contributed by atoms with Crippen molar-refractivity contribution in [1.82, 2.24) is 14.9 Å². The van der Waals surface area contributed by atoms with Crippen LogP contribution in [0.4, 0.5) is 11.8 Å². The standard InChI is InChI=1S/C18H25N5O2/c1-4-7-23-8-5-12(6-9-23)20-18-21-14-11-16(25-3)15(24-2)10-13(14)17(19)22-18/h4,10-12H,1,5-9H2,2-3H3,(H3,19,20,21,22). The van der Waals surface area contributed by atoms with Crippen molar-refractivity contribution < 1.29 is 9.47 Å². The van der Waals surface area contributed by atoms with Gasteiger partial charge in [0.1, 0.15) is 5.82 Å². The van der Waals surface area contributed by atoms with E-state index in [4.69, 9.17) is 15.2 Å². The zero-order valence-electron chi connectivity index (χ0n) is 14.8. The third-order valence-corrected chi connectivity index (χ3v) is 4.54. The maximum atomic E-state index is 6.13. The molecule has 0 bridgehead atoms. The van der Waals surface area contributed by atoms with Crippen LogP contribution in [0.25, 0.3) is 10.9 Å². The second-order valence-corrected chi connectivity index (χ2v) is 6.16. The number of hydrogen-bond acceptors (Lipinski definition) is 7. The summed E-state index contributed by atoms with van der Waals surface area (Å²) in [6.07, 6.45) is 4.03.